The number of nitrogens with zero attached hydrogens (tertiary/aromatic N) is 1. The van der Waals surface area contributed by atoms with Crippen LogP contribution in [-0.4, -0.2) is 22.6 Å². The van der Waals surface area contributed by atoms with Crippen LogP contribution < -0.4 is 5.32 Å². The monoisotopic (exact) mass is 612 g/mol. The lowest BCUT2D eigenvalue weighted by Gasteiger charge is -2.33. The van der Waals surface area contributed by atoms with Crippen molar-refractivity contribution in [1.29, 1.82) is 0 Å². The second-order valence-electron chi connectivity index (χ2n) is 7.62. The van der Waals surface area contributed by atoms with Crippen LogP contribution in [0.1, 0.15) is 29.5 Å². The summed E-state index contributed by atoms with van der Waals surface area (Å²) in [5.74, 6) is 0.0906. The van der Waals surface area contributed by atoms with E-state index in [1.807, 2.05) is 0 Å². The van der Waals surface area contributed by atoms with E-state index in [9.17, 15) is 18.0 Å². The molecule has 2 aromatic rings. The highest BCUT2D eigenvalue weighted by molar-refractivity contribution is 9.10. The highest BCUT2D eigenvalue weighted by Crippen LogP contribution is 2.52. The number of oxime groups is 1. The van der Waals surface area contributed by atoms with Crippen molar-refractivity contribution in [2.75, 3.05) is 0 Å². The van der Waals surface area contributed by atoms with Crippen molar-refractivity contribution in [2.24, 2.45) is 11.1 Å². The summed E-state index contributed by atoms with van der Waals surface area (Å²) in [6.07, 6.45) is -3.03. The Kier molecular flexibility index (Phi) is 6.57. The zero-order valence-corrected chi connectivity index (χ0v) is 20.8. The molecule has 1 saturated carbocycles. The molecule has 0 bridgehead atoms. The van der Waals surface area contributed by atoms with Gasteiger partial charge < -0.3 is 10.2 Å². The molecule has 0 spiro atoms. The Bertz CT molecular complexity index is 1090. The number of hydrogen-bond donors (Lipinski definition) is 1. The van der Waals surface area contributed by atoms with Gasteiger partial charge >= 0.3 is 6.18 Å². The fourth-order valence-electron chi connectivity index (χ4n) is 3.45. The van der Waals surface area contributed by atoms with Crippen LogP contribution in [0.4, 0.5) is 13.2 Å². The summed E-state index contributed by atoms with van der Waals surface area (Å²) < 4.78 is 43.6. The van der Waals surface area contributed by atoms with E-state index in [1.54, 1.807) is 18.2 Å². The molecule has 1 aliphatic heterocycles. The highest BCUT2D eigenvalue weighted by Gasteiger charge is 2.67. The van der Waals surface area contributed by atoms with Gasteiger partial charge in [-0.15, -0.1) is 0 Å². The van der Waals surface area contributed by atoms with Crippen LogP contribution in [0.3, 0.4) is 0 Å². The summed E-state index contributed by atoms with van der Waals surface area (Å²) in [7, 11) is 0. The minimum absolute atomic E-state index is 0.00482. The minimum Gasteiger partial charge on any atom is -0.373 e. The van der Waals surface area contributed by atoms with Gasteiger partial charge in [-0.2, -0.15) is 13.2 Å². The molecule has 1 fully saturated rings. The molecule has 2 aromatic carbocycles. The lowest BCUT2D eigenvalue weighted by molar-refractivity contribution is -0.273. The summed E-state index contributed by atoms with van der Waals surface area (Å²) in [5, 5.41) is 6.75. The average molecular weight is 615 g/mol. The van der Waals surface area contributed by atoms with Crippen LogP contribution in [0, 0.1) is 5.92 Å². The molecule has 2 unspecified atom stereocenters. The van der Waals surface area contributed by atoms with E-state index in [0.717, 1.165) is 30.5 Å². The first-order valence-corrected chi connectivity index (χ1v) is 12.0. The Morgan fingerprint density at radius 2 is 1.84 bits per heavy atom. The van der Waals surface area contributed by atoms with Crippen molar-refractivity contribution in [3.05, 3.63) is 67.6 Å². The molecule has 0 saturated heterocycles. The van der Waals surface area contributed by atoms with Crippen molar-refractivity contribution in [3.8, 4) is 0 Å². The largest absolute Gasteiger partial charge is 0.436 e. The van der Waals surface area contributed by atoms with Crippen LogP contribution in [0.25, 0.3) is 0 Å². The third-order valence-corrected chi connectivity index (χ3v) is 7.60. The van der Waals surface area contributed by atoms with E-state index in [-0.39, 0.29) is 33.1 Å². The third-order valence-electron chi connectivity index (χ3n) is 5.35. The number of halogens is 7. The van der Waals surface area contributed by atoms with Crippen molar-refractivity contribution >= 4 is 66.7 Å². The molecule has 0 aromatic heterocycles. The van der Waals surface area contributed by atoms with Gasteiger partial charge in [-0.3, -0.25) is 4.79 Å². The zero-order valence-electron chi connectivity index (χ0n) is 16.1. The fraction of sp³-hybridized carbons (Fsp3) is 0.333. The van der Waals surface area contributed by atoms with E-state index in [1.165, 1.54) is 6.07 Å². The third kappa shape index (κ3) is 4.41. The number of amides is 1. The zero-order chi connectivity index (χ0) is 23.3. The van der Waals surface area contributed by atoms with E-state index >= 15 is 0 Å². The highest BCUT2D eigenvalue weighted by atomic mass is 79.9. The smallest absolute Gasteiger partial charge is 0.373 e. The molecule has 11 heteroatoms. The first kappa shape index (κ1) is 23.9. The van der Waals surface area contributed by atoms with E-state index in [4.69, 9.17) is 28.0 Å². The number of carbonyl (C=O) groups is 1. The molecule has 2 aliphatic rings. The summed E-state index contributed by atoms with van der Waals surface area (Å²) >= 11 is 18.5. The van der Waals surface area contributed by atoms with E-state index in [2.05, 4.69) is 42.3 Å². The maximum Gasteiger partial charge on any atom is 0.436 e. The number of alkyl halides is 4. The van der Waals surface area contributed by atoms with Gasteiger partial charge in [0.25, 0.3) is 5.60 Å². The minimum atomic E-state index is -4.83. The summed E-state index contributed by atoms with van der Waals surface area (Å²) in [5.41, 5.74) is -1.79. The molecule has 1 N–H and O–H groups in total. The van der Waals surface area contributed by atoms with Crippen LogP contribution in [0.15, 0.2) is 46.0 Å². The Morgan fingerprint density at radius 1 is 1.19 bits per heavy atom. The van der Waals surface area contributed by atoms with Crippen LogP contribution in [-0.2, 0) is 21.8 Å². The maximum absolute atomic E-state index is 14.3. The van der Waals surface area contributed by atoms with E-state index < -0.39 is 16.6 Å². The van der Waals surface area contributed by atoms with Gasteiger partial charge in [-0.1, -0.05) is 72.4 Å². The average Bonchev–Trinajstić information content (AvgIpc) is 3.48. The molecule has 32 heavy (non-hydrogen) atoms. The van der Waals surface area contributed by atoms with Gasteiger partial charge in [-0.05, 0) is 42.7 Å². The fourth-order valence-corrected chi connectivity index (χ4v) is 5.45. The molecule has 2 atom stereocenters. The van der Waals surface area contributed by atoms with Crippen LogP contribution >= 0.6 is 55.1 Å². The maximum atomic E-state index is 14.3. The number of nitrogens with one attached hydrogen (secondary N) is 1. The Balaban J connectivity index is 1.62. The molecule has 1 aliphatic carbocycles. The Labute approximate surface area is 208 Å². The van der Waals surface area contributed by atoms with Gasteiger partial charge in [0.15, 0.2) is 0 Å². The van der Waals surface area contributed by atoms with Gasteiger partial charge in [0.2, 0.25) is 5.91 Å². The number of hydrogen-bond acceptors (Lipinski definition) is 3. The summed E-state index contributed by atoms with van der Waals surface area (Å²) in [6.45, 7) is 0.310. The molecular formula is C21H15Br2Cl2F3N2O2. The molecular weight excluding hydrogens is 600 g/mol. The van der Waals surface area contributed by atoms with Gasteiger partial charge in [0, 0.05) is 38.1 Å². The molecule has 4 nitrogen and oxygen atoms in total. The van der Waals surface area contributed by atoms with Crippen molar-refractivity contribution in [3.63, 3.8) is 0 Å². The predicted molar refractivity (Wildman–Crippen MR) is 123 cm³/mol. The van der Waals surface area contributed by atoms with Gasteiger partial charge in [-0.25, -0.2) is 0 Å². The van der Waals surface area contributed by atoms with Gasteiger partial charge in [0.1, 0.15) is 10.5 Å². The normalized spacial score (nSPS) is 23.0. The lowest BCUT2D eigenvalue weighted by Crippen LogP contribution is -2.50. The SMILES string of the molecule is O=C(NCc1ccc(C2=NOC(c3cc(Cl)cc(Cl)c3)(C(F)(F)F)C2Br)cc1Br)C1CC1. The molecule has 1 amide bonds. The summed E-state index contributed by atoms with van der Waals surface area (Å²) in [6, 6.07) is 8.67. The Hall–Kier alpha value is -1.29. The second kappa shape index (κ2) is 8.81. The van der Waals surface area contributed by atoms with Gasteiger partial charge in [0.05, 0.1) is 0 Å². The lowest BCUT2D eigenvalue weighted by atomic mass is 9.86. The molecule has 4 rings (SSSR count). The number of rotatable bonds is 5. The standard InChI is InChI=1S/C21H15Br2Cl2F3N2O2/c22-16-5-11(3-4-12(16)9-29-19(31)10-1-2-10)17-18(23)20(32-30-17,21(26,27)28)13-6-14(24)8-15(25)7-13/h3-8,10,18H,1-2,9H2,(H,29,31). The Morgan fingerprint density at radius 3 is 2.41 bits per heavy atom. The van der Waals surface area contributed by atoms with Crippen molar-refractivity contribution in [2.45, 2.75) is 36.0 Å². The molecule has 170 valence electrons. The predicted octanol–water partition coefficient (Wildman–Crippen LogP) is 6.74. The van der Waals surface area contributed by atoms with E-state index in [0.29, 0.717) is 16.6 Å². The van der Waals surface area contributed by atoms with Crippen LogP contribution in [0.5, 0.6) is 0 Å². The first-order valence-electron chi connectivity index (χ1n) is 9.53. The van der Waals surface area contributed by atoms with Crippen molar-refractivity contribution in [1.82, 2.24) is 5.32 Å². The van der Waals surface area contributed by atoms with Crippen LogP contribution in [0.2, 0.25) is 10.0 Å². The molecule has 1 heterocycles. The van der Waals surface area contributed by atoms with Crippen molar-refractivity contribution < 1.29 is 22.8 Å². The number of benzene rings is 2. The second-order valence-corrected chi connectivity index (χ2v) is 10.3. The quantitative estimate of drug-likeness (QED) is 0.380. The first-order chi connectivity index (χ1) is 15.0. The topological polar surface area (TPSA) is 50.7 Å². The molecule has 0 radical (unpaired) electrons. The number of carbonyl (C=O) groups excluding carboxylic acids is 1. The summed E-state index contributed by atoms with van der Waals surface area (Å²) in [4.78, 5) is 15.6.